The van der Waals surface area contributed by atoms with Crippen molar-refractivity contribution in [2.75, 3.05) is 24.8 Å². The number of carbonyl (C=O) groups is 2. The molecule has 27 heavy (non-hydrogen) atoms. The summed E-state index contributed by atoms with van der Waals surface area (Å²) in [5, 5.41) is 25.3. The number of hydrogen-bond acceptors (Lipinski definition) is 7. The molecule has 3 N–H and O–H groups in total. The summed E-state index contributed by atoms with van der Waals surface area (Å²) < 4.78 is 5.31. The van der Waals surface area contributed by atoms with Gasteiger partial charge in [0.1, 0.15) is 6.07 Å². The van der Waals surface area contributed by atoms with Crippen LogP contribution in [0.4, 0.5) is 17.2 Å². The van der Waals surface area contributed by atoms with Gasteiger partial charge in [-0.2, -0.15) is 5.26 Å². The highest BCUT2D eigenvalue weighted by molar-refractivity contribution is 5.99. The molecule has 1 saturated carbocycles. The molecular weight excluding hydrogens is 348 g/mol. The summed E-state index contributed by atoms with van der Waals surface area (Å²) in [4.78, 5) is 24.1. The zero-order chi connectivity index (χ0) is 19.4. The van der Waals surface area contributed by atoms with Gasteiger partial charge in [0, 0.05) is 19.0 Å². The first kappa shape index (κ1) is 18.1. The largest absolute Gasteiger partial charge is 0.493 e. The molecule has 2 amide bonds. The highest BCUT2D eigenvalue weighted by Gasteiger charge is 2.30. The van der Waals surface area contributed by atoms with Crippen LogP contribution in [0, 0.1) is 17.2 Å². The molecule has 3 rings (SSSR count). The van der Waals surface area contributed by atoms with Gasteiger partial charge in [0.2, 0.25) is 5.91 Å². The monoisotopic (exact) mass is 366 g/mol. The number of rotatable bonds is 6. The van der Waals surface area contributed by atoms with Gasteiger partial charge in [-0.15, -0.1) is 10.2 Å². The molecule has 0 unspecified atom stereocenters. The summed E-state index contributed by atoms with van der Waals surface area (Å²) in [5.41, 5.74) is 1.19. The van der Waals surface area contributed by atoms with Crippen molar-refractivity contribution in [2.45, 2.75) is 12.8 Å². The molecule has 0 radical (unpaired) electrons. The van der Waals surface area contributed by atoms with Crippen LogP contribution in [0.5, 0.6) is 5.75 Å². The number of anilines is 3. The van der Waals surface area contributed by atoms with Gasteiger partial charge >= 0.3 is 0 Å². The van der Waals surface area contributed by atoms with E-state index in [1.807, 2.05) is 6.07 Å². The van der Waals surface area contributed by atoms with E-state index in [1.54, 1.807) is 18.2 Å². The average molecular weight is 366 g/mol. The van der Waals surface area contributed by atoms with Crippen LogP contribution >= 0.6 is 0 Å². The first-order chi connectivity index (χ1) is 13.1. The molecule has 1 fully saturated rings. The third kappa shape index (κ3) is 3.95. The van der Waals surface area contributed by atoms with Crippen LogP contribution in [0.2, 0.25) is 0 Å². The molecular formula is C18H18N6O3. The van der Waals surface area contributed by atoms with E-state index in [1.165, 1.54) is 20.2 Å². The van der Waals surface area contributed by atoms with E-state index in [4.69, 9.17) is 4.74 Å². The standard InChI is InChI=1S/C18H18N6O3/c1-20-18(26)15-13(8-14(23-24-15)22-17(25)10-6-7-10)21-12-5-3-4-11(9-19)16(12)27-2/h3-5,8,10H,6-7H2,1-2H3,(H,20,26)(H2,21,22,23,25). The Balaban J connectivity index is 1.97. The average Bonchev–Trinajstić information content (AvgIpc) is 3.52. The van der Waals surface area contributed by atoms with Gasteiger partial charge in [0.25, 0.3) is 5.91 Å². The Kier molecular flexibility index (Phi) is 5.17. The third-order valence-electron chi connectivity index (χ3n) is 4.04. The van der Waals surface area contributed by atoms with Crippen LogP contribution in [-0.4, -0.2) is 36.2 Å². The van der Waals surface area contributed by atoms with E-state index >= 15 is 0 Å². The zero-order valence-electron chi connectivity index (χ0n) is 14.9. The number of methoxy groups -OCH3 is 1. The number of amides is 2. The number of para-hydroxylation sites is 1. The van der Waals surface area contributed by atoms with Gasteiger partial charge in [-0.1, -0.05) is 6.07 Å². The maximum atomic E-state index is 12.1. The molecule has 1 heterocycles. The van der Waals surface area contributed by atoms with Crippen LogP contribution in [0.1, 0.15) is 28.9 Å². The lowest BCUT2D eigenvalue weighted by atomic mass is 10.1. The van der Waals surface area contributed by atoms with Crippen molar-refractivity contribution < 1.29 is 14.3 Å². The Hall–Kier alpha value is -3.67. The molecule has 0 bridgehead atoms. The van der Waals surface area contributed by atoms with E-state index in [9.17, 15) is 14.9 Å². The fraction of sp³-hybridized carbons (Fsp3) is 0.278. The number of hydrogen-bond donors (Lipinski definition) is 3. The van der Waals surface area contributed by atoms with E-state index in [-0.39, 0.29) is 23.3 Å². The highest BCUT2D eigenvalue weighted by Crippen LogP contribution is 2.33. The lowest BCUT2D eigenvalue weighted by Gasteiger charge is -2.15. The molecule has 1 aliphatic rings. The molecule has 2 aromatic rings. The molecule has 0 spiro atoms. The zero-order valence-corrected chi connectivity index (χ0v) is 14.9. The van der Waals surface area contributed by atoms with E-state index in [0.29, 0.717) is 22.7 Å². The number of carbonyl (C=O) groups excluding carboxylic acids is 2. The molecule has 1 aromatic heterocycles. The third-order valence-corrected chi connectivity index (χ3v) is 4.04. The van der Waals surface area contributed by atoms with E-state index in [0.717, 1.165) is 12.8 Å². The highest BCUT2D eigenvalue weighted by atomic mass is 16.5. The van der Waals surface area contributed by atoms with Crippen molar-refractivity contribution in [1.82, 2.24) is 15.5 Å². The molecule has 1 aromatic carbocycles. The van der Waals surface area contributed by atoms with Crippen molar-refractivity contribution >= 4 is 29.0 Å². The van der Waals surface area contributed by atoms with Crippen LogP contribution in [0.25, 0.3) is 0 Å². The van der Waals surface area contributed by atoms with Crippen LogP contribution in [0.15, 0.2) is 24.3 Å². The lowest BCUT2D eigenvalue weighted by molar-refractivity contribution is -0.117. The van der Waals surface area contributed by atoms with Crippen molar-refractivity contribution in [1.29, 1.82) is 5.26 Å². The predicted octanol–water partition coefficient (Wildman–Crippen LogP) is 1.81. The van der Waals surface area contributed by atoms with Crippen molar-refractivity contribution in [3.63, 3.8) is 0 Å². The number of benzene rings is 1. The van der Waals surface area contributed by atoms with Gasteiger partial charge in [-0.05, 0) is 25.0 Å². The summed E-state index contributed by atoms with van der Waals surface area (Å²) in [6, 6.07) is 8.59. The minimum atomic E-state index is -0.444. The molecule has 9 heteroatoms. The Labute approximate surface area is 155 Å². The first-order valence-corrected chi connectivity index (χ1v) is 8.32. The normalized spacial score (nSPS) is 12.6. The van der Waals surface area contributed by atoms with Gasteiger partial charge < -0.3 is 20.7 Å². The second kappa shape index (κ2) is 7.70. The second-order valence-electron chi connectivity index (χ2n) is 5.96. The molecule has 0 aliphatic heterocycles. The smallest absolute Gasteiger partial charge is 0.273 e. The Bertz CT molecular complexity index is 933. The number of ether oxygens (including phenoxy) is 1. The Morgan fingerprint density at radius 2 is 2.04 bits per heavy atom. The maximum Gasteiger partial charge on any atom is 0.273 e. The number of nitriles is 1. The molecule has 0 saturated heterocycles. The summed E-state index contributed by atoms with van der Waals surface area (Å²) in [6.07, 6.45) is 1.72. The van der Waals surface area contributed by atoms with E-state index in [2.05, 4.69) is 26.1 Å². The van der Waals surface area contributed by atoms with Gasteiger partial charge in [0.15, 0.2) is 17.3 Å². The fourth-order valence-electron chi connectivity index (χ4n) is 2.50. The van der Waals surface area contributed by atoms with Crippen molar-refractivity contribution in [3.8, 4) is 11.8 Å². The lowest BCUT2D eigenvalue weighted by Crippen LogP contribution is -2.22. The minimum absolute atomic E-state index is 0.00855. The van der Waals surface area contributed by atoms with Crippen LogP contribution in [-0.2, 0) is 4.79 Å². The molecule has 1 aliphatic carbocycles. The molecule has 9 nitrogen and oxygen atoms in total. The number of aromatic nitrogens is 2. The molecule has 0 atom stereocenters. The fourth-order valence-corrected chi connectivity index (χ4v) is 2.50. The van der Waals surface area contributed by atoms with Crippen molar-refractivity contribution in [2.24, 2.45) is 5.92 Å². The first-order valence-electron chi connectivity index (χ1n) is 8.32. The summed E-state index contributed by atoms with van der Waals surface area (Å²) in [6.45, 7) is 0. The minimum Gasteiger partial charge on any atom is -0.493 e. The van der Waals surface area contributed by atoms with E-state index < -0.39 is 5.91 Å². The van der Waals surface area contributed by atoms with Gasteiger partial charge in [-0.3, -0.25) is 9.59 Å². The summed E-state index contributed by atoms with van der Waals surface area (Å²) in [7, 11) is 2.93. The number of nitrogens with zero attached hydrogens (tertiary/aromatic N) is 3. The summed E-state index contributed by atoms with van der Waals surface area (Å²) >= 11 is 0. The van der Waals surface area contributed by atoms with Gasteiger partial charge in [0.05, 0.1) is 24.0 Å². The quantitative estimate of drug-likeness (QED) is 0.711. The SMILES string of the molecule is CNC(=O)c1nnc(NC(=O)C2CC2)cc1Nc1cccc(C#N)c1OC. The predicted molar refractivity (Wildman–Crippen MR) is 97.8 cm³/mol. The van der Waals surface area contributed by atoms with Crippen LogP contribution < -0.4 is 20.7 Å². The Morgan fingerprint density at radius 1 is 1.26 bits per heavy atom. The van der Waals surface area contributed by atoms with Crippen molar-refractivity contribution in [3.05, 3.63) is 35.5 Å². The second-order valence-corrected chi connectivity index (χ2v) is 5.96. The maximum absolute atomic E-state index is 12.1. The number of nitrogens with one attached hydrogen (secondary N) is 3. The van der Waals surface area contributed by atoms with Gasteiger partial charge in [-0.25, -0.2) is 0 Å². The topological polar surface area (TPSA) is 129 Å². The van der Waals surface area contributed by atoms with Crippen LogP contribution in [0.3, 0.4) is 0 Å². The Morgan fingerprint density at radius 3 is 2.67 bits per heavy atom. The summed E-state index contributed by atoms with van der Waals surface area (Å²) in [5.74, 6) is 0.0161. The molecule has 138 valence electrons.